The van der Waals surface area contributed by atoms with Gasteiger partial charge >= 0.3 is 0 Å². The molecule has 2 heterocycles. The largest absolute Gasteiger partial charge is 0.357 e. The second-order valence-electron chi connectivity index (χ2n) is 6.09. The standard InChI is InChI=1S/C19H19ClN2/c1-12-5-7-13(8-6-12)18-19-15(9-10-21-18)16-11-14(20)3-2-4-17(16)22-19/h2,4-8,11,18,21-22H,3,9-10H2,1H3. The predicted octanol–water partition coefficient (Wildman–Crippen LogP) is 4.55. The lowest BCUT2D eigenvalue weighted by Crippen LogP contribution is -2.30. The van der Waals surface area contributed by atoms with Crippen molar-refractivity contribution in [2.24, 2.45) is 0 Å². The van der Waals surface area contributed by atoms with Gasteiger partial charge in [-0.2, -0.15) is 0 Å². The minimum atomic E-state index is 0.233. The van der Waals surface area contributed by atoms with Crippen molar-refractivity contribution in [2.75, 3.05) is 6.54 Å². The molecule has 2 N–H and O–H groups in total. The molecule has 2 aliphatic rings. The maximum absolute atomic E-state index is 6.30. The molecular formula is C19H19ClN2. The Labute approximate surface area is 135 Å². The second-order valence-corrected chi connectivity index (χ2v) is 6.58. The van der Waals surface area contributed by atoms with E-state index in [1.807, 2.05) is 0 Å². The zero-order valence-corrected chi connectivity index (χ0v) is 13.4. The Bertz CT molecular complexity index is 765. The normalized spacial score (nSPS) is 20.1. The highest BCUT2D eigenvalue weighted by molar-refractivity contribution is 6.31. The fourth-order valence-electron chi connectivity index (χ4n) is 3.40. The summed E-state index contributed by atoms with van der Waals surface area (Å²) in [7, 11) is 0. The van der Waals surface area contributed by atoms with Gasteiger partial charge in [0, 0.05) is 34.9 Å². The number of fused-ring (bicyclic) bond motifs is 3. The first-order chi connectivity index (χ1) is 10.7. The molecule has 1 aliphatic carbocycles. The summed E-state index contributed by atoms with van der Waals surface area (Å²) in [5, 5.41) is 4.54. The van der Waals surface area contributed by atoms with E-state index < -0.39 is 0 Å². The Hall–Kier alpha value is -1.77. The number of aromatic nitrogens is 1. The van der Waals surface area contributed by atoms with Gasteiger partial charge in [0.1, 0.15) is 0 Å². The molecular weight excluding hydrogens is 292 g/mol. The average Bonchev–Trinajstić information content (AvgIpc) is 2.75. The third-order valence-corrected chi connectivity index (χ3v) is 4.79. The number of H-pyrrole nitrogens is 1. The molecule has 1 unspecified atom stereocenters. The fourth-order valence-corrected chi connectivity index (χ4v) is 3.60. The molecule has 0 amide bonds. The molecule has 0 saturated carbocycles. The molecule has 1 aromatic heterocycles. The SMILES string of the molecule is Cc1ccc(C2NCCc3c2[nH]c2c3C=C(Cl)CC=C2)cc1. The molecule has 0 fully saturated rings. The maximum atomic E-state index is 6.30. The highest BCUT2D eigenvalue weighted by Gasteiger charge is 2.26. The first-order valence-electron chi connectivity index (χ1n) is 7.79. The van der Waals surface area contributed by atoms with Gasteiger partial charge in [-0.3, -0.25) is 0 Å². The van der Waals surface area contributed by atoms with Gasteiger partial charge in [0.2, 0.25) is 0 Å². The van der Waals surface area contributed by atoms with Crippen LogP contribution in [0.15, 0.2) is 35.4 Å². The Morgan fingerprint density at radius 3 is 2.82 bits per heavy atom. The van der Waals surface area contributed by atoms with Crippen LogP contribution in [-0.2, 0) is 6.42 Å². The number of halogens is 1. The third-order valence-electron chi connectivity index (χ3n) is 4.53. The van der Waals surface area contributed by atoms with E-state index in [9.17, 15) is 0 Å². The quantitative estimate of drug-likeness (QED) is 0.794. The second kappa shape index (κ2) is 5.45. The zero-order chi connectivity index (χ0) is 15.1. The number of hydrogen-bond acceptors (Lipinski definition) is 1. The molecule has 3 heteroatoms. The smallest absolute Gasteiger partial charge is 0.0732 e. The van der Waals surface area contributed by atoms with E-state index in [1.54, 1.807) is 0 Å². The first-order valence-corrected chi connectivity index (χ1v) is 8.17. The summed E-state index contributed by atoms with van der Waals surface area (Å²) >= 11 is 6.30. The van der Waals surface area contributed by atoms with E-state index in [2.05, 4.69) is 59.7 Å². The van der Waals surface area contributed by atoms with Crippen LogP contribution in [0.2, 0.25) is 0 Å². The van der Waals surface area contributed by atoms with Crippen LogP contribution in [0.1, 0.15) is 46.1 Å². The molecule has 1 aliphatic heterocycles. The van der Waals surface area contributed by atoms with Crippen molar-refractivity contribution in [2.45, 2.75) is 25.8 Å². The van der Waals surface area contributed by atoms with Gasteiger partial charge in [-0.05, 0) is 36.6 Å². The molecule has 0 saturated heterocycles. The molecule has 1 atom stereocenters. The van der Waals surface area contributed by atoms with Crippen molar-refractivity contribution >= 4 is 23.8 Å². The molecule has 0 radical (unpaired) electrons. The fraction of sp³-hybridized carbons (Fsp3) is 0.263. The van der Waals surface area contributed by atoms with Gasteiger partial charge in [-0.15, -0.1) is 0 Å². The van der Waals surface area contributed by atoms with E-state index in [0.717, 1.165) is 24.4 Å². The summed E-state index contributed by atoms with van der Waals surface area (Å²) in [6.07, 6.45) is 8.27. The van der Waals surface area contributed by atoms with Crippen molar-refractivity contribution < 1.29 is 0 Å². The number of benzene rings is 1. The maximum Gasteiger partial charge on any atom is 0.0732 e. The average molecular weight is 311 g/mol. The van der Waals surface area contributed by atoms with Gasteiger partial charge in [-0.1, -0.05) is 47.5 Å². The Morgan fingerprint density at radius 2 is 2.00 bits per heavy atom. The molecule has 4 rings (SSSR count). The molecule has 22 heavy (non-hydrogen) atoms. The third kappa shape index (κ3) is 2.33. The van der Waals surface area contributed by atoms with Crippen LogP contribution in [0.3, 0.4) is 0 Å². The Morgan fingerprint density at radius 1 is 1.18 bits per heavy atom. The molecule has 0 bridgehead atoms. The van der Waals surface area contributed by atoms with Crippen LogP contribution in [0.25, 0.3) is 12.2 Å². The summed E-state index contributed by atoms with van der Waals surface area (Å²) in [4.78, 5) is 3.63. The van der Waals surface area contributed by atoms with Crippen molar-refractivity contribution in [3.63, 3.8) is 0 Å². The van der Waals surface area contributed by atoms with E-state index in [4.69, 9.17) is 11.6 Å². The number of allylic oxidation sites excluding steroid dienone is 2. The molecule has 2 aromatic rings. The van der Waals surface area contributed by atoms with Gasteiger partial charge in [-0.25, -0.2) is 0 Å². The van der Waals surface area contributed by atoms with Crippen LogP contribution in [0.4, 0.5) is 0 Å². The monoisotopic (exact) mass is 310 g/mol. The van der Waals surface area contributed by atoms with Crippen LogP contribution >= 0.6 is 11.6 Å². The van der Waals surface area contributed by atoms with Gasteiger partial charge < -0.3 is 10.3 Å². The predicted molar refractivity (Wildman–Crippen MR) is 93.0 cm³/mol. The number of aryl methyl sites for hydroxylation is 1. The summed E-state index contributed by atoms with van der Waals surface area (Å²) < 4.78 is 0. The lowest BCUT2D eigenvalue weighted by molar-refractivity contribution is 0.558. The van der Waals surface area contributed by atoms with Gasteiger partial charge in [0.25, 0.3) is 0 Å². The number of aromatic amines is 1. The summed E-state index contributed by atoms with van der Waals surface area (Å²) in [5.41, 5.74) is 7.74. The van der Waals surface area contributed by atoms with Gasteiger partial charge in [0.05, 0.1) is 6.04 Å². The van der Waals surface area contributed by atoms with Crippen molar-refractivity contribution in [1.29, 1.82) is 0 Å². The molecule has 0 spiro atoms. The minimum absolute atomic E-state index is 0.233. The van der Waals surface area contributed by atoms with Crippen LogP contribution in [0.5, 0.6) is 0 Å². The van der Waals surface area contributed by atoms with Crippen LogP contribution in [-0.4, -0.2) is 11.5 Å². The summed E-state index contributed by atoms with van der Waals surface area (Å²) in [6.45, 7) is 3.11. The number of nitrogens with one attached hydrogen (secondary N) is 2. The van der Waals surface area contributed by atoms with Crippen LogP contribution in [0, 0.1) is 6.92 Å². The van der Waals surface area contributed by atoms with E-state index in [1.165, 1.54) is 33.6 Å². The zero-order valence-electron chi connectivity index (χ0n) is 12.6. The van der Waals surface area contributed by atoms with Gasteiger partial charge in [0.15, 0.2) is 0 Å². The van der Waals surface area contributed by atoms with E-state index in [-0.39, 0.29) is 6.04 Å². The first kappa shape index (κ1) is 13.9. The van der Waals surface area contributed by atoms with Crippen LogP contribution < -0.4 is 5.32 Å². The molecule has 2 nitrogen and oxygen atoms in total. The lowest BCUT2D eigenvalue weighted by Gasteiger charge is -2.25. The Kier molecular flexibility index (Phi) is 3.44. The molecule has 112 valence electrons. The van der Waals surface area contributed by atoms with Crippen molar-refractivity contribution in [3.8, 4) is 0 Å². The van der Waals surface area contributed by atoms with E-state index in [0.29, 0.717) is 0 Å². The number of rotatable bonds is 1. The highest BCUT2D eigenvalue weighted by atomic mass is 35.5. The highest BCUT2D eigenvalue weighted by Crippen LogP contribution is 2.35. The number of hydrogen-bond donors (Lipinski definition) is 2. The lowest BCUT2D eigenvalue weighted by atomic mass is 9.93. The topological polar surface area (TPSA) is 27.8 Å². The summed E-state index contributed by atoms with van der Waals surface area (Å²) in [6, 6.07) is 9.02. The molecule has 1 aromatic carbocycles. The summed E-state index contributed by atoms with van der Waals surface area (Å²) in [5.74, 6) is 0. The minimum Gasteiger partial charge on any atom is -0.357 e. The van der Waals surface area contributed by atoms with Crippen molar-refractivity contribution in [1.82, 2.24) is 10.3 Å². The van der Waals surface area contributed by atoms with Crippen molar-refractivity contribution in [3.05, 3.63) is 69.0 Å². The van der Waals surface area contributed by atoms with E-state index >= 15 is 0 Å². The Balaban J connectivity index is 1.83.